The van der Waals surface area contributed by atoms with E-state index in [9.17, 15) is 4.39 Å². The van der Waals surface area contributed by atoms with Crippen molar-refractivity contribution < 1.29 is 4.39 Å². The third-order valence-electron chi connectivity index (χ3n) is 3.31. The number of aryl methyl sites for hydroxylation is 1. The van der Waals surface area contributed by atoms with Gasteiger partial charge < -0.3 is 10.6 Å². The fourth-order valence-electron chi connectivity index (χ4n) is 2.17. The lowest BCUT2D eigenvalue weighted by Crippen LogP contribution is -2.38. The van der Waals surface area contributed by atoms with Crippen molar-refractivity contribution in [2.24, 2.45) is 4.99 Å². The van der Waals surface area contributed by atoms with Gasteiger partial charge in [-0.1, -0.05) is 18.2 Å². The molecule has 0 aliphatic carbocycles. The Kier molecular flexibility index (Phi) is 9.29. The van der Waals surface area contributed by atoms with Gasteiger partial charge in [0.1, 0.15) is 5.82 Å². The number of pyridine rings is 1. The molecule has 4 nitrogen and oxygen atoms in total. The van der Waals surface area contributed by atoms with E-state index >= 15 is 0 Å². The zero-order valence-corrected chi connectivity index (χ0v) is 16.4. The molecule has 6 heteroatoms. The second-order valence-corrected chi connectivity index (χ2v) is 5.27. The van der Waals surface area contributed by atoms with Crippen molar-refractivity contribution in [3.8, 4) is 0 Å². The smallest absolute Gasteiger partial charge is 0.191 e. The minimum atomic E-state index is -0.206. The number of nitrogens with zero attached hydrogens (tertiary/aromatic N) is 2. The fraction of sp³-hybridized carbons (Fsp3) is 0.333. The van der Waals surface area contributed by atoms with Gasteiger partial charge in [0.15, 0.2) is 5.96 Å². The number of halogens is 2. The number of aromatic nitrogens is 1. The normalized spacial score (nSPS) is 10.9. The molecule has 0 saturated carbocycles. The molecule has 24 heavy (non-hydrogen) atoms. The van der Waals surface area contributed by atoms with Gasteiger partial charge in [-0.15, -0.1) is 24.0 Å². The van der Waals surface area contributed by atoms with Gasteiger partial charge in [-0.3, -0.25) is 4.98 Å². The summed E-state index contributed by atoms with van der Waals surface area (Å²) in [5.74, 6) is 0.556. The van der Waals surface area contributed by atoms with E-state index in [1.807, 2.05) is 32.0 Å². The maximum atomic E-state index is 12.9. The van der Waals surface area contributed by atoms with Crippen LogP contribution in [0.15, 0.2) is 47.5 Å². The van der Waals surface area contributed by atoms with Crippen molar-refractivity contribution >= 4 is 29.9 Å². The summed E-state index contributed by atoms with van der Waals surface area (Å²) in [6.45, 7) is 6.07. The summed E-state index contributed by atoms with van der Waals surface area (Å²) in [6.07, 6.45) is 0.813. The molecule has 0 spiro atoms. The summed E-state index contributed by atoms with van der Waals surface area (Å²) in [4.78, 5) is 8.99. The zero-order chi connectivity index (χ0) is 16.5. The van der Waals surface area contributed by atoms with Crippen molar-refractivity contribution in [3.63, 3.8) is 0 Å². The van der Waals surface area contributed by atoms with Gasteiger partial charge in [0.05, 0.1) is 12.2 Å². The first kappa shape index (κ1) is 20.3. The zero-order valence-electron chi connectivity index (χ0n) is 14.1. The molecule has 0 bridgehead atoms. The Labute approximate surface area is 160 Å². The van der Waals surface area contributed by atoms with Crippen molar-refractivity contribution in [1.29, 1.82) is 0 Å². The molecule has 0 saturated heterocycles. The van der Waals surface area contributed by atoms with Gasteiger partial charge in [-0.25, -0.2) is 9.38 Å². The average Bonchev–Trinajstić information content (AvgIpc) is 2.54. The van der Waals surface area contributed by atoms with Gasteiger partial charge in [0.25, 0.3) is 0 Å². The van der Waals surface area contributed by atoms with Gasteiger partial charge >= 0.3 is 0 Å². The van der Waals surface area contributed by atoms with Crippen LogP contribution in [0.3, 0.4) is 0 Å². The molecule has 0 amide bonds. The van der Waals surface area contributed by atoms with E-state index in [0.29, 0.717) is 6.54 Å². The molecule has 0 aliphatic heterocycles. The van der Waals surface area contributed by atoms with Crippen LogP contribution >= 0.6 is 24.0 Å². The molecule has 130 valence electrons. The van der Waals surface area contributed by atoms with Gasteiger partial charge in [0, 0.05) is 18.8 Å². The molecule has 2 rings (SSSR count). The van der Waals surface area contributed by atoms with E-state index < -0.39 is 0 Å². The van der Waals surface area contributed by atoms with E-state index in [2.05, 4.69) is 20.6 Å². The van der Waals surface area contributed by atoms with Crippen LogP contribution in [0.2, 0.25) is 0 Å². The summed E-state index contributed by atoms with van der Waals surface area (Å²) in [7, 11) is 0. The number of benzene rings is 1. The van der Waals surface area contributed by atoms with Gasteiger partial charge in [-0.05, 0) is 50.1 Å². The van der Waals surface area contributed by atoms with Crippen LogP contribution in [0.25, 0.3) is 0 Å². The maximum Gasteiger partial charge on any atom is 0.191 e. The fourth-order valence-corrected chi connectivity index (χ4v) is 2.17. The van der Waals surface area contributed by atoms with E-state index in [0.717, 1.165) is 42.4 Å². The summed E-state index contributed by atoms with van der Waals surface area (Å²) in [5.41, 5.74) is 3.03. The predicted octanol–water partition coefficient (Wildman–Crippen LogP) is 3.44. The highest BCUT2D eigenvalue weighted by molar-refractivity contribution is 14.0. The van der Waals surface area contributed by atoms with Crippen LogP contribution in [-0.4, -0.2) is 24.0 Å². The Balaban J connectivity index is 0.00000288. The largest absolute Gasteiger partial charge is 0.357 e. The molecule has 2 N–H and O–H groups in total. The minimum Gasteiger partial charge on any atom is -0.357 e. The molecule has 1 aromatic carbocycles. The Morgan fingerprint density at radius 2 is 1.88 bits per heavy atom. The highest BCUT2D eigenvalue weighted by Gasteiger charge is 2.00. The third-order valence-corrected chi connectivity index (χ3v) is 3.31. The van der Waals surface area contributed by atoms with Crippen LogP contribution < -0.4 is 10.6 Å². The van der Waals surface area contributed by atoms with Crippen LogP contribution in [0.5, 0.6) is 0 Å². The first-order valence-electron chi connectivity index (χ1n) is 7.86. The summed E-state index contributed by atoms with van der Waals surface area (Å²) < 4.78 is 12.9. The number of hydrogen-bond donors (Lipinski definition) is 2. The van der Waals surface area contributed by atoms with Crippen LogP contribution in [0.4, 0.5) is 4.39 Å². The minimum absolute atomic E-state index is 0. The number of rotatable bonds is 6. The highest BCUT2D eigenvalue weighted by atomic mass is 127. The molecular weight excluding hydrogens is 418 g/mol. The van der Waals surface area contributed by atoms with Crippen molar-refractivity contribution in [3.05, 3.63) is 65.2 Å². The average molecular weight is 442 g/mol. The highest BCUT2D eigenvalue weighted by Crippen LogP contribution is 2.03. The van der Waals surface area contributed by atoms with E-state index in [1.54, 1.807) is 12.1 Å². The lowest BCUT2D eigenvalue weighted by atomic mass is 10.1. The lowest BCUT2D eigenvalue weighted by molar-refractivity contribution is 0.626. The van der Waals surface area contributed by atoms with Crippen LogP contribution in [0, 0.1) is 12.7 Å². The second kappa shape index (κ2) is 11.0. The van der Waals surface area contributed by atoms with E-state index in [1.165, 1.54) is 12.1 Å². The van der Waals surface area contributed by atoms with Crippen LogP contribution in [-0.2, 0) is 13.0 Å². The standard InChI is InChI=1S/C18H23FN4.HI/c1-3-20-18(22-13-17-6-4-5-14(2)23-17)21-12-11-15-7-9-16(19)10-8-15;/h4-10H,3,11-13H2,1-2H3,(H2,20,21,22);1H. The molecule has 2 aromatic rings. The first-order valence-corrected chi connectivity index (χ1v) is 7.86. The number of guanidine groups is 1. The van der Waals surface area contributed by atoms with E-state index in [-0.39, 0.29) is 29.8 Å². The van der Waals surface area contributed by atoms with Crippen molar-refractivity contribution in [2.75, 3.05) is 13.1 Å². The SMILES string of the molecule is CCNC(=NCc1cccc(C)n1)NCCc1ccc(F)cc1.I. The molecule has 0 radical (unpaired) electrons. The first-order chi connectivity index (χ1) is 11.2. The molecule has 0 atom stereocenters. The molecule has 0 aliphatic rings. The van der Waals surface area contributed by atoms with Gasteiger partial charge in [0.2, 0.25) is 0 Å². The summed E-state index contributed by atoms with van der Waals surface area (Å²) >= 11 is 0. The number of hydrogen-bond acceptors (Lipinski definition) is 2. The predicted molar refractivity (Wildman–Crippen MR) is 107 cm³/mol. The Bertz CT molecular complexity index is 644. The quantitative estimate of drug-likeness (QED) is 0.410. The summed E-state index contributed by atoms with van der Waals surface area (Å²) in [5, 5.41) is 6.50. The topological polar surface area (TPSA) is 49.3 Å². The number of aliphatic imine (C=N–C) groups is 1. The Hall–Kier alpha value is -1.70. The Morgan fingerprint density at radius 1 is 1.12 bits per heavy atom. The summed E-state index contributed by atoms with van der Waals surface area (Å²) in [6, 6.07) is 12.5. The maximum absolute atomic E-state index is 12.9. The monoisotopic (exact) mass is 442 g/mol. The van der Waals surface area contributed by atoms with Crippen LogP contribution in [0.1, 0.15) is 23.9 Å². The lowest BCUT2D eigenvalue weighted by Gasteiger charge is -2.11. The molecule has 1 aromatic heterocycles. The van der Waals surface area contributed by atoms with Crippen molar-refractivity contribution in [1.82, 2.24) is 15.6 Å². The Morgan fingerprint density at radius 3 is 2.54 bits per heavy atom. The van der Waals surface area contributed by atoms with Gasteiger partial charge in [-0.2, -0.15) is 0 Å². The molecule has 0 fully saturated rings. The van der Waals surface area contributed by atoms with E-state index in [4.69, 9.17) is 0 Å². The number of nitrogens with one attached hydrogen (secondary N) is 2. The molecule has 1 heterocycles. The third kappa shape index (κ3) is 7.25. The molecular formula is C18H24FIN4. The molecule has 0 unspecified atom stereocenters. The second-order valence-electron chi connectivity index (χ2n) is 5.27. The van der Waals surface area contributed by atoms with Crippen molar-refractivity contribution in [2.45, 2.75) is 26.8 Å².